The Morgan fingerprint density at radius 2 is 1.67 bits per heavy atom. The monoisotopic (exact) mass is 279 g/mol. The van der Waals surface area contributed by atoms with Crippen molar-refractivity contribution in [3.63, 3.8) is 0 Å². The number of hydrogen-bond donors (Lipinski definition) is 1. The molecule has 3 rings (SSSR count). The predicted octanol–water partition coefficient (Wildman–Crippen LogP) is 3.44. The second kappa shape index (κ2) is 5.32. The number of aryl methyl sites for hydroxylation is 1. The molecular weight excluding hydrogens is 262 g/mol. The van der Waals surface area contributed by atoms with Crippen molar-refractivity contribution in [3.05, 3.63) is 60.2 Å². The number of methoxy groups -OCH3 is 1. The molecule has 0 amide bonds. The molecule has 0 aliphatic heterocycles. The minimum Gasteiger partial charge on any atom is -0.497 e. The van der Waals surface area contributed by atoms with E-state index in [4.69, 9.17) is 10.5 Å². The molecule has 0 radical (unpaired) electrons. The van der Waals surface area contributed by atoms with Crippen molar-refractivity contribution in [2.75, 3.05) is 12.8 Å². The molecule has 4 nitrogen and oxygen atoms in total. The number of benzene rings is 2. The number of nitrogens with two attached hydrogens (primary N) is 1. The van der Waals surface area contributed by atoms with Gasteiger partial charge in [-0.1, -0.05) is 29.8 Å². The Morgan fingerprint density at radius 1 is 1.00 bits per heavy atom. The van der Waals surface area contributed by atoms with E-state index in [1.807, 2.05) is 30.3 Å². The Morgan fingerprint density at radius 3 is 2.29 bits per heavy atom. The highest BCUT2D eigenvalue weighted by atomic mass is 16.5. The van der Waals surface area contributed by atoms with Crippen molar-refractivity contribution >= 4 is 5.82 Å². The molecule has 21 heavy (non-hydrogen) atoms. The lowest BCUT2D eigenvalue weighted by atomic mass is 10.1. The molecule has 0 saturated carbocycles. The first-order valence-electron chi connectivity index (χ1n) is 6.74. The number of rotatable bonds is 3. The number of anilines is 1. The lowest BCUT2D eigenvalue weighted by molar-refractivity contribution is 0.414. The average molecular weight is 279 g/mol. The third kappa shape index (κ3) is 2.60. The maximum Gasteiger partial charge on any atom is 0.127 e. The van der Waals surface area contributed by atoms with Gasteiger partial charge >= 0.3 is 0 Å². The molecule has 4 heteroatoms. The summed E-state index contributed by atoms with van der Waals surface area (Å²) in [5.41, 5.74) is 10.1. The van der Waals surface area contributed by atoms with E-state index in [2.05, 4.69) is 36.3 Å². The highest BCUT2D eigenvalue weighted by Crippen LogP contribution is 2.24. The zero-order chi connectivity index (χ0) is 14.8. The zero-order valence-electron chi connectivity index (χ0n) is 12.1. The molecule has 1 aromatic heterocycles. The summed E-state index contributed by atoms with van der Waals surface area (Å²) in [6.45, 7) is 2.06. The fraction of sp³-hybridized carbons (Fsp3) is 0.118. The number of nitrogen functional groups attached to an aromatic ring is 1. The van der Waals surface area contributed by atoms with E-state index in [9.17, 15) is 0 Å². The van der Waals surface area contributed by atoms with Gasteiger partial charge in [0.15, 0.2) is 0 Å². The molecule has 0 atom stereocenters. The summed E-state index contributed by atoms with van der Waals surface area (Å²) in [5.74, 6) is 1.42. The van der Waals surface area contributed by atoms with Crippen molar-refractivity contribution in [2.24, 2.45) is 0 Å². The van der Waals surface area contributed by atoms with Crippen LogP contribution in [0.5, 0.6) is 5.75 Å². The number of ether oxygens (including phenoxy) is 1. The van der Waals surface area contributed by atoms with Crippen LogP contribution in [-0.2, 0) is 0 Å². The zero-order valence-corrected chi connectivity index (χ0v) is 12.1. The van der Waals surface area contributed by atoms with Gasteiger partial charge in [-0.25, -0.2) is 4.68 Å². The van der Waals surface area contributed by atoms with Crippen molar-refractivity contribution in [3.8, 4) is 22.7 Å². The smallest absolute Gasteiger partial charge is 0.127 e. The van der Waals surface area contributed by atoms with Gasteiger partial charge in [-0.3, -0.25) is 0 Å². The first-order valence-corrected chi connectivity index (χ1v) is 6.74. The normalized spacial score (nSPS) is 10.6. The summed E-state index contributed by atoms with van der Waals surface area (Å²) < 4.78 is 6.89. The van der Waals surface area contributed by atoms with Gasteiger partial charge in [0.25, 0.3) is 0 Å². The second-order valence-electron chi connectivity index (χ2n) is 4.93. The maximum absolute atomic E-state index is 6.08. The molecule has 0 saturated heterocycles. The Kier molecular flexibility index (Phi) is 3.36. The van der Waals surface area contributed by atoms with Crippen LogP contribution in [-0.4, -0.2) is 16.9 Å². The Bertz CT molecular complexity index is 743. The van der Waals surface area contributed by atoms with Gasteiger partial charge in [-0.05, 0) is 31.2 Å². The molecule has 2 N–H and O–H groups in total. The fourth-order valence-electron chi connectivity index (χ4n) is 2.19. The van der Waals surface area contributed by atoms with E-state index in [-0.39, 0.29) is 0 Å². The predicted molar refractivity (Wildman–Crippen MR) is 84.7 cm³/mol. The van der Waals surface area contributed by atoms with Gasteiger partial charge in [0, 0.05) is 11.6 Å². The van der Waals surface area contributed by atoms with Crippen LogP contribution in [0.25, 0.3) is 16.9 Å². The first kappa shape index (κ1) is 13.2. The van der Waals surface area contributed by atoms with Crippen molar-refractivity contribution in [2.45, 2.75) is 6.92 Å². The summed E-state index contributed by atoms with van der Waals surface area (Å²) in [4.78, 5) is 0. The van der Waals surface area contributed by atoms with Gasteiger partial charge in [0.2, 0.25) is 0 Å². The lowest BCUT2D eigenvalue weighted by Gasteiger charge is -2.05. The highest BCUT2D eigenvalue weighted by molar-refractivity contribution is 5.64. The third-order valence-corrected chi connectivity index (χ3v) is 3.40. The van der Waals surface area contributed by atoms with E-state index in [1.54, 1.807) is 11.8 Å². The standard InChI is InChI=1S/C17H17N3O/c1-12-3-5-13(6-4-12)16-11-17(18)20(19-16)14-7-9-15(21-2)10-8-14/h3-11H,18H2,1-2H3. The largest absolute Gasteiger partial charge is 0.497 e. The van der Waals surface area contributed by atoms with Gasteiger partial charge in [-0.15, -0.1) is 0 Å². The van der Waals surface area contributed by atoms with Crippen LogP contribution in [0.4, 0.5) is 5.82 Å². The minimum atomic E-state index is 0.607. The topological polar surface area (TPSA) is 53.1 Å². The number of nitrogens with zero attached hydrogens (tertiary/aromatic N) is 2. The van der Waals surface area contributed by atoms with E-state index in [0.29, 0.717) is 5.82 Å². The Labute approximate surface area is 123 Å². The van der Waals surface area contributed by atoms with Crippen LogP contribution in [0.1, 0.15) is 5.56 Å². The summed E-state index contributed by atoms with van der Waals surface area (Å²) in [5, 5.41) is 4.59. The van der Waals surface area contributed by atoms with Crippen molar-refractivity contribution in [1.82, 2.24) is 9.78 Å². The molecule has 0 aliphatic rings. The van der Waals surface area contributed by atoms with E-state index >= 15 is 0 Å². The van der Waals surface area contributed by atoms with E-state index in [0.717, 1.165) is 22.7 Å². The molecule has 0 bridgehead atoms. The number of hydrogen-bond acceptors (Lipinski definition) is 3. The molecule has 2 aromatic carbocycles. The summed E-state index contributed by atoms with van der Waals surface area (Å²) >= 11 is 0. The molecule has 106 valence electrons. The second-order valence-corrected chi connectivity index (χ2v) is 4.93. The van der Waals surface area contributed by atoms with Crippen molar-refractivity contribution in [1.29, 1.82) is 0 Å². The molecule has 1 heterocycles. The molecular formula is C17H17N3O. The van der Waals surface area contributed by atoms with Crippen LogP contribution in [0.15, 0.2) is 54.6 Å². The van der Waals surface area contributed by atoms with Gasteiger partial charge in [0.1, 0.15) is 11.6 Å². The molecule has 0 spiro atoms. The first-order chi connectivity index (χ1) is 10.2. The maximum atomic E-state index is 6.08. The van der Waals surface area contributed by atoms with Crippen LogP contribution in [0.3, 0.4) is 0 Å². The highest BCUT2D eigenvalue weighted by Gasteiger charge is 2.08. The molecule has 3 aromatic rings. The van der Waals surface area contributed by atoms with Crippen LogP contribution in [0.2, 0.25) is 0 Å². The van der Waals surface area contributed by atoms with Crippen LogP contribution >= 0.6 is 0 Å². The third-order valence-electron chi connectivity index (χ3n) is 3.40. The SMILES string of the molecule is COc1ccc(-n2nc(-c3ccc(C)cc3)cc2N)cc1. The quantitative estimate of drug-likeness (QED) is 0.799. The summed E-state index contributed by atoms with van der Waals surface area (Å²) in [6, 6.07) is 17.8. The fourth-order valence-corrected chi connectivity index (χ4v) is 2.19. The lowest BCUT2D eigenvalue weighted by Crippen LogP contribution is -2.01. The van der Waals surface area contributed by atoms with E-state index in [1.165, 1.54) is 5.56 Å². The summed E-state index contributed by atoms with van der Waals surface area (Å²) in [7, 11) is 1.65. The molecule has 0 fully saturated rings. The van der Waals surface area contributed by atoms with Gasteiger partial charge < -0.3 is 10.5 Å². The Hall–Kier alpha value is -2.75. The minimum absolute atomic E-state index is 0.607. The van der Waals surface area contributed by atoms with Gasteiger partial charge in [-0.2, -0.15) is 5.10 Å². The number of aromatic nitrogens is 2. The van der Waals surface area contributed by atoms with E-state index < -0.39 is 0 Å². The summed E-state index contributed by atoms with van der Waals surface area (Å²) in [6.07, 6.45) is 0. The van der Waals surface area contributed by atoms with Gasteiger partial charge in [0.05, 0.1) is 18.5 Å². The van der Waals surface area contributed by atoms with Crippen LogP contribution < -0.4 is 10.5 Å². The average Bonchev–Trinajstić information content (AvgIpc) is 2.90. The Balaban J connectivity index is 1.98. The van der Waals surface area contributed by atoms with Crippen molar-refractivity contribution < 1.29 is 4.74 Å². The molecule has 0 unspecified atom stereocenters. The molecule has 0 aliphatic carbocycles. The van der Waals surface area contributed by atoms with Crippen LogP contribution in [0, 0.1) is 6.92 Å².